The number of esters is 1. The molecule has 9 aliphatic rings. The van der Waals surface area contributed by atoms with Crippen LogP contribution < -0.4 is 10.5 Å². The molecule has 0 bridgehead atoms. The highest BCUT2D eigenvalue weighted by Crippen LogP contribution is 2.72. The van der Waals surface area contributed by atoms with Crippen molar-refractivity contribution < 1.29 is 88.2 Å². The summed E-state index contributed by atoms with van der Waals surface area (Å²) >= 11 is 0. The van der Waals surface area contributed by atoms with Crippen LogP contribution in [0.3, 0.4) is 0 Å². The summed E-state index contributed by atoms with van der Waals surface area (Å²) in [5.74, 6) is -3.50. The maximum Gasteiger partial charge on any atom is 0.310 e. The second kappa shape index (κ2) is 25.5. The van der Waals surface area contributed by atoms with Gasteiger partial charge in [-0.05, 0) is 184 Å². The second-order valence-corrected chi connectivity index (χ2v) is 29.8. The molecule has 1 saturated heterocycles. The molecule has 508 valence electrons. The first kappa shape index (κ1) is 69.5. The van der Waals surface area contributed by atoms with Gasteiger partial charge >= 0.3 is 5.97 Å². The Morgan fingerprint density at radius 3 is 1.87 bits per heavy atom. The number of allylic oxidation sites excluding steroid dienone is 6. The Hall–Kier alpha value is -6.88. The molecule has 8 aliphatic carbocycles. The first-order chi connectivity index (χ1) is 44.7. The Bertz CT molecular complexity index is 3760. The van der Waals surface area contributed by atoms with Gasteiger partial charge in [-0.15, -0.1) is 0 Å². The molecule has 19 heteroatoms. The number of nitrogen functional groups attached to an aromatic ring is 1. The average molecular weight is 1310 g/mol. The van der Waals surface area contributed by atoms with E-state index in [0.717, 1.165) is 46.5 Å². The number of hydrogen-bond acceptors (Lipinski definition) is 18. The number of carbonyl (C=O) groups is 5. The van der Waals surface area contributed by atoms with Gasteiger partial charge in [0.25, 0.3) is 0 Å². The van der Waals surface area contributed by atoms with Crippen molar-refractivity contribution in [2.24, 2.45) is 51.2 Å². The summed E-state index contributed by atoms with van der Waals surface area (Å²) in [6, 6.07) is 31.8. The number of anilines is 1. The number of Topliss-reactive ketones (excluding diaryl/α,β-unsaturated/α-hetero) is 2. The van der Waals surface area contributed by atoms with Crippen molar-refractivity contribution in [2.45, 2.75) is 172 Å². The molecule has 0 unspecified atom stereocenters. The summed E-state index contributed by atoms with van der Waals surface area (Å²) in [5.41, 5.74) is 3.00. The highest BCUT2D eigenvalue weighted by Gasteiger charge is 2.78. The van der Waals surface area contributed by atoms with Crippen molar-refractivity contribution in [2.75, 3.05) is 26.1 Å². The third kappa shape index (κ3) is 11.7. The molecule has 0 radical (unpaired) electrons. The first-order valence-electron chi connectivity index (χ1n) is 32.9. The largest absolute Gasteiger partial charge is 0.497 e. The van der Waals surface area contributed by atoms with Gasteiger partial charge in [0.05, 0.1) is 50.2 Å². The normalized spacial score (nSPS) is 37.7. The number of methoxy groups -OCH3 is 1. The summed E-state index contributed by atoms with van der Waals surface area (Å²) in [6.07, 6.45) is 3.76. The quantitative estimate of drug-likeness (QED) is 0.0500. The summed E-state index contributed by atoms with van der Waals surface area (Å²) in [6.45, 7) is 11.0. The van der Waals surface area contributed by atoms with Crippen LogP contribution in [0, 0.1) is 51.2 Å². The van der Waals surface area contributed by atoms with Gasteiger partial charge in [0.2, 0.25) is 0 Å². The number of hydrogen-bond donors (Lipinski definition) is 9. The van der Waals surface area contributed by atoms with Gasteiger partial charge in [-0.2, -0.15) is 0 Å². The fourth-order valence-corrected chi connectivity index (χ4v) is 18.9. The Balaban J connectivity index is 0.000000154. The topological polar surface area (TPSA) is 310 Å². The number of ether oxygens (including phenoxy) is 4. The van der Waals surface area contributed by atoms with E-state index in [1.54, 1.807) is 7.11 Å². The SMILES string of the molecule is COc1ccc(Cc2cccc(CC(=O)OC(C)(C)C)c2)cc1.C[C@]12C=CC(=O)C=C1[C@H](O)C[C@@H]1[C@@H]2[C@@H](O)C[C@@]2(C)[C@H]1C[C@H]1O[C@@H](c3ccc(Cc4cccc(N)c4)cc3)O[C@]12C(=O)CO.C[C@]12C=CC(=O)C=C1[C@H](O)C[C@H]1[C@@H]3C[C@@H](O)[C@](O)(C(=O)CO)[C@@]3(C)C[C@H](O)[C@@]12F. The van der Waals surface area contributed by atoms with Gasteiger partial charge in [0.15, 0.2) is 46.3 Å². The smallest absolute Gasteiger partial charge is 0.310 e. The second-order valence-electron chi connectivity index (χ2n) is 29.8. The standard InChI is InChI=1S/C35H39NO7.C21H27FO7.C20H24O3/c1-33-11-10-23(38)14-26(33)27(39)15-24-25-16-30-35(29(41)18-37,34(25,2)17-28(40)31(24)33)43-32(42-30)21-8-6-19(7-9-21)12-20-4-3-5-22(36)13-20;1-18-4-3-10(24)5-13(18)14(25)6-12-11-7-15(26)21(29,17(28)9-23)19(11,2)8-16(27)20(12,18)22;1-20(2,3)23-19(21)14-17-7-5-6-16(13-17)12-15-8-10-18(22-4)11-9-15/h3-11,13-14,24-25,27-28,30-32,37,39-40H,12,15-18,36H2,1-2H3;3-5,11-12,14-16,23,25-27,29H,6-9H2,1-2H3;5-11,13H,12,14H2,1-4H3/t24-,25-,27+,28-,30+,31+,32+,33-,34-,35+;11-,12-,14+,15+,16-,18-,19-,20-,21-;/m00./s1. The van der Waals surface area contributed by atoms with Crippen LogP contribution in [0.15, 0.2) is 145 Å². The molecule has 13 rings (SSSR count). The first-order valence-corrected chi connectivity index (χ1v) is 32.9. The highest BCUT2D eigenvalue weighted by atomic mass is 19.1. The summed E-state index contributed by atoms with van der Waals surface area (Å²) in [7, 11) is 1.66. The number of halogens is 1. The van der Waals surface area contributed by atoms with Crippen molar-refractivity contribution >= 4 is 34.8 Å². The predicted octanol–water partition coefficient (Wildman–Crippen LogP) is 7.19. The maximum absolute atomic E-state index is 16.8. The monoisotopic (exact) mass is 1310 g/mol. The molecule has 4 aromatic carbocycles. The number of alkyl halides is 1. The average Bonchev–Trinajstić information content (AvgIpc) is 1.62. The molecule has 1 aliphatic heterocycles. The number of benzene rings is 4. The zero-order chi connectivity index (χ0) is 68.8. The molecular formula is C76H90FNO17. The van der Waals surface area contributed by atoms with E-state index in [9.17, 15) is 64.8 Å². The number of fused-ring (bicyclic) bond motifs is 12. The summed E-state index contributed by atoms with van der Waals surface area (Å²) < 4.78 is 40.6. The minimum absolute atomic E-state index is 0.105. The fourth-order valence-electron chi connectivity index (χ4n) is 18.9. The van der Waals surface area contributed by atoms with Crippen LogP contribution in [0.2, 0.25) is 0 Å². The number of nitrogens with two attached hydrogens (primary N) is 1. The zero-order valence-electron chi connectivity index (χ0n) is 55.1. The Morgan fingerprint density at radius 1 is 0.663 bits per heavy atom. The highest BCUT2D eigenvalue weighted by molar-refractivity contribution is 6.02. The minimum atomic E-state index is -2.32. The molecule has 0 spiro atoms. The van der Waals surface area contributed by atoms with Gasteiger partial charge in [0.1, 0.15) is 24.6 Å². The van der Waals surface area contributed by atoms with Crippen LogP contribution in [-0.4, -0.2) is 149 Å². The van der Waals surface area contributed by atoms with Crippen LogP contribution >= 0.6 is 0 Å². The molecule has 10 N–H and O–H groups in total. The molecule has 0 aromatic heterocycles. The van der Waals surface area contributed by atoms with Crippen LogP contribution in [0.1, 0.15) is 127 Å². The van der Waals surface area contributed by atoms with E-state index in [4.69, 9.17) is 24.7 Å². The predicted molar refractivity (Wildman–Crippen MR) is 348 cm³/mol. The van der Waals surface area contributed by atoms with Gasteiger partial charge in [-0.25, -0.2) is 4.39 Å². The van der Waals surface area contributed by atoms with E-state index in [2.05, 4.69) is 24.3 Å². The van der Waals surface area contributed by atoms with Crippen LogP contribution in [0.4, 0.5) is 10.1 Å². The van der Waals surface area contributed by atoms with E-state index >= 15 is 4.39 Å². The molecule has 19 atom stereocenters. The lowest BCUT2D eigenvalue weighted by atomic mass is 9.44. The maximum atomic E-state index is 16.8. The van der Waals surface area contributed by atoms with Crippen molar-refractivity contribution in [1.82, 2.24) is 0 Å². The van der Waals surface area contributed by atoms with E-state index in [1.165, 1.54) is 55.4 Å². The van der Waals surface area contributed by atoms with E-state index in [1.807, 2.05) is 113 Å². The minimum Gasteiger partial charge on any atom is -0.497 e. The summed E-state index contributed by atoms with van der Waals surface area (Å²) in [5, 5.41) is 86.1. The van der Waals surface area contributed by atoms with E-state index in [-0.39, 0.29) is 66.5 Å². The Morgan fingerprint density at radius 2 is 1.25 bits per heavy atom. The van der Waals surface area contributed by atoms with Crippen molar-refractivity contribution in [3.05, 3.63) is 178 Å². The van der Waals surface area contributed by atoms with Crippen LogP contribution in [0.25, 0.3) is 0 Å². The molecule has 18 nitrogen and oxygen atoms in total. The molecule has 4 aromatic rings. The van der Waals surface area contributed by atoms with Gasteiger partial charge in [0, 0.05) is 44.7 Å². The molecule has 0 amide bonds. The van der Waals surface area contributed by atoms with Crippen molar-refractivity contribution in [3.63, 3.8) is 0 Å². The Kier molecular flexibility index (Phi) is 18.7. The lowest BCUT2D eigenvalue weighted by Gasteiger charge is -2.63. The molecule has 6 saturated carbocycles. The van der Waals surface area contributed by atoms with Crippen molar-refractivity contribution in [3.8, 4) is 5.75 Å². The molecular weight excluding hydrogens is 1220 g/mol. The number of ketones is 4. The lowest BCUT2D eigenvalue weighted by molar-refractivity contribution is -0.228. The molecule has 7 fully saturated rings. The van der Waals surface area contributed by atoms with Gasteiger partial charge < -0.3 is 65.5 Å². The van der Waals surface area contributed by atoms with Crippen LogP contribution in [0.5, 0.6) is 5.75 Å². The third-order valence-electron chi connectivity index (χ3n) is 23.2. The van der Waals surface area contributed by atoms with Crippen molar-refractivity contribution in [1.29, 1.82) is 0 Å². The fraction of sp³-hybridized carbons (Fsp3) is 0.513. The lowest BCUT2D eigenvalue weighted by Crippen LogP contribution is -2.71. The van der Waals surface area contributed by atoms with Gasteiger partial charge in [-0.1, -0.05) is 106 Å². The third-order valence-corrected chi connectivity index (χ3v) is 23.2. The number of aliphatic hydroxyl groups excluding tert-OH is 7. The zero-order valence-corrected chi connectivity index (χ0v) is 55.1. The summed E-state index contributed by atoms with van der Waals surface area (Å²) in [4.78, 5) is 62.1. The van der Waals surface area contributed by atoms with Gasteiger partial charge in [-0.3, -0.25) is 24.0 Å². The van der Waals surface area contributed by atoms with Crippen LogP contribution in [-0.2, 0) is 57.4 Å². The van der Waals surface area contributed by atoms with E-state index < -0.39 is 124 Å². The molecule has 95 heavy (non-hydrogen) atoms. The number of aliphatic hydroxyl groups is 8. The number of carbonyl (C=O) groups excluding carboxylic acids is 5. The molecule has 1 heterocycles. The van der Waals surface area contributed by atoms with E-state index in [0.29, 0.717) is 24.8 Å². The number of rotatable bonds is 12. The Labute approximate surface area is 553 Å².